The van der Waals surface area contributed by atoms with E-state index in [1.54, 1.807) is 54.6 Å². The first-order chi connectivity index (χ1) is 17.8. The summed E-state index contributed by atoms with van der Waals surface area (Å²) in [6.45, 7) is 1.83. The summed E-state index contributed by atoms with van der Waals surface area (Å²) in [7, 11) is 1.54. The number of hydrogen-bond donors (Lipinski definition) is 2. The number of nitrogens with zero attached hydrogens (tertiary/aromatic N) is 1. The first-order valence-corrected chi connectivity index (χ1v) is 12.4. The van der Waals surface area contributed by atoms with Crippen molar-refractivity contribution >= 4 is 57.8 Å². The number of ether oxygens (including phenoxy) is 2. The van der Waals surface area contributed by atoms with E-state index in [1.807, 2.05) is 31.2 Å². The van der Waals surface area contributed by atoms with Crippen molar-refractivity contribution in [3.05, 3.63) is 94.4 Å². The molecule has 0 unspecified atom stereocenters. The zero-order valence-electron chi connectivity index (χ0n) is 20.0. The molecule has 1 saturated heterocycles. The normalized spacial score (nSPS) is 14.0. The van der Waals surface area contributed by atoms with Gasteiger partial charge in [0.05, 0.1) is 12.0 Å². The van der Waals surface area contributed by atoms with Crippen LogP contribution in [0.2, 0.25) is 0 Å². The third kappa shape index (κ3) is 6.75. The van der Waals surface area contributed by atoms with Gasteiger partial charge in [-0.15, -0.1) is 0 Å². The Hall–Kier alpha value is -4.15. The average molecular weight is 534 g/mol. The van der Waals surface area contributed by atoms with Crippen LogP contribution < -0.4 is 20.2 Å². The summed E-state index contributed by atoms with van der Waals surface area (Å²) in [5.74, 6) is -0.0334. The number of amides is 3. The Balaban J connectivity index is 1.32. The maximum atomic E-state index is 12.8. The fourth-order valence-corrected chi connectivity index (χ4v) is 4.45. The molecule has 1 aliphatic heterocycles. The molecule has 1 heterocycles. The van der Waals surface area contributed by atoms with Gasteiger partial charge in [0.1, 0.15) is 11.5 Å². The number of nitrogens with one attached hydrogen (secondary N) is 2. The van der Waals surface area contributed by atoms with Gasteiger partial charge < -0.3 is 14.8 Å². The fraction of sp³-hybridized carbons (Fsp3) is 0.111. The van der Waals surface area contributed by atoms with E-state index in [-0.39, 0.29) is 16.8 Å². The highest BCUT2D eigenvalue weighted by molar-refractivity contribution is 8.26. The van der Waals surface area contributed by atoms with Crippen molar-refractivity contribution in [2.24, 2.45) is 0 Å². The molecule has 0 atom stereocenters. The molecule has 0 aromatic heterocycles. The van der Waals surface area contributed by atoms with E-state index in [4.69, 9.17) is 21.7 Å². The molecular weight excluding hydrogens is 510 g/mol. The number of hydrogen-bond acceptors (Lipinski definition) is 7. The number of carbonyl (C=O) groups is 3. The van der Waals surface area contributed by atoms with Gasteiger partial charge in [-0.25, -0.2) is 0 Å². The van der Waals surface area contributed by atoms with Gasteiger partial charge in [-0.2, -0.15) is 5.01 Å². The minimum atomic E-state index is -0.465. The monoisotopic (exact) mass is 533 g/mol. The third-order valence-corrected chi connectivity index (χ3v) is 6.54. The van der Waals surface area contributed by atoms with Gasteiger partial charge in [0, 0.05) is 11.3 Å². The highest BCUT2D eigenvalue weighted by atomic mass is 32.2. The highest BCUT2D eigenvalue weighted by Gasteiger charge is 2.33. The van der Waals surface area contributed by atoms with Gasteiger partial charge in [0.25, 0.3) is 17.7 Å². The standard InChI is InChI=1S/C27H23N3O5S2/c1-17-3-9-20(10-4-17)28-24(31)16-35-22-11-5-18(6-12-22)15-23-26(33)30(27(36)37-23)29-25(32)19-7-13-21(34-2)14-8-19/h3-15H,16H2,1-2H3,(H,28,31)(H,29,32)/b23-15+. The summed E-state index contributed by atoms with van der Waals surface area (Å²) in [6.07, 6.45) is 1.67. The minimum Gasteiger partial charge on any atom is -0.497 e. The number of hydrazine groups is 1. The smallest absolute Gasteiger partial charge is 0.285 e. The summed E-state index contributed by atoms with van der Waals surface area (Å²) >= 11 is 6.38. The SMILES string of the molecule is COc1ccc(C(=O)NN2C(=O)/C(=C\c3ccc(OCC(=O)Nc4ccc(C)cc4)cc3)SC2=S)cc1. The van der Waals surface area contributed by atoms with Gasteiger partial charge in [0.15, 0.2) is 10.9 Å². The van der Waals surface area contributed by atoms with Gasteiger partial charge >= 0.3 is 0 Å². The number of aryl methyl sites for hydroxylation is 1. The van der Waals surface area contributed by atoms with Crippen molar-refractivity contribution in [3.63, 3.8) is 0 Å². The van der Waals surface area contributed by atoms with Crippen LogP contribution in [0.25, 0.3) is 6.08 Å². The maximum Gasteiger partial charge on any atom is 0.285 e. The second-order valence-electron chi connectivity index (χ2n) is 7.96. The van der Waals surface area contributed by atoms with E-state index < -0.39 is 11.8 Å². The molecule has 3 aromatic carbocycles. The van der Waals surface area contributed by atoms with Crippen LogP contribution in [-0.2, 0) is 9.59 Å². The number of thiocarbonyl (C=S) groups is 1. The van der Waals surface area contributed by atoms with E-state index in [1.165, 1.54) is 7.11 Å². The van der Waals surface area contributed by atoms with Crippen LogP contribution in [0.1, 0.15) is 21.5 Å². The summed E-state index contributed by atoms with van der Waals surface area (Å²) in [5.41, 5.74) is 5.45. The number of methoxy groups -OCH3 is 1. The van der Waals surface area contributed by atoms with Gasteiger partial charge in [0.2, 0.25) is 0 Å². The molecule has 0 saturated carbocycles. The zero-order valence-corrected chi connectivity index (χ0v) is 21.7. The van der Waals surface area contributed by atoms with E-state index >= 15 is 0 Å². The fourth-order valence-electron chi connectivity index (χ4n) is 3.27. The summed E-state index contributed by atoms with van der Waals surface area (Å²) in [6, 6.07) is 20.9. The number of anilines is 1. The van der Waals surface area contributed by atoms with Crippen molar-refractivity contribution in [1.82, 2.24) is 10.4 Å². The van der Waals surface area contributed by atoms with Crippen molar-refractivity contribution in [2.75, 3.05) is 19.0 Å². The van der Waals surface area contributed by atoms with Crippen LogP contribution in [-0.4, -0.2) is 40.8 Å². The predicted octanol–water partition coefficient (Wildman–Crippen LogP) is 4.57. The van der Waals surface area contributed by atoms with Crippen LogP contribution in [0, 0.1) is 6.92 Å². The van der Waals surface area contributed by atoms with Crippen LogP contribution >= 0.6 is 24.0 Å². The third-order valence-electron chi connectivity index (χ3n) is 5.24. The Labute approximate surface area is 223 Å². The van der Waals surface area contributed by atoms with Crippen LogP contribution in [0.4, 0.5) is 5.69 Å². The molecule has 3 aromatic rings. The first kappa shape index (κ1) is 25.9. The van der Waals surface area contributed by atoms with E-state index in [0.717, 1.165) is 27.9 Å². The Morgan fingerprint density at radius 2 is 1.62 bits per heavy atom. The molecule has 0 radical (unpaired) electrons. The average Bonchev–Trinajstić information content (AvgIpc) is 3.16. The minimum absolute atomic E-state index is 0.139. The lowest BCUT2D eigenvalue weighted by Gasteiger charge is -2.15. The lowest BCUT2D eigenvalue weighted by Crippen LogP contribution is -2.44. The maximum absolute atomic E-state index is 12.8. The van der Waals surface area contributed by atoms with Crippen LogP contribution in [0.3, 0.4) is 0 Å². The lowest BCUT2D eigenvalue weighted by atomic mass is 10.2. The predicted molar refractivity (Wildman–Crippen MR) is 147 cm³/mol. The quantitative estimate of drug-likeness (QED) is 0.324. The highest BCUT2D eigenvalue weighted by Crippen LogP contribution is 2.31. The second-order valence-corrected chi connectivity index (χ2v) is 9.63. The molecule has 0 bridgehead atoms. The largest absolute Gasteiger partial charge is 0.497 e. The number of thioether (sulfide) groups is 1. The molecular formula is C27H23N3O5S2. The molecule has 37 heavy (non-hydrogen) atoms. The van der Waals surface area contributed by atoms with Crippen molar-refractivity contribution in [1.29, 1.82) is 0 Å². The lowest BCUT2D eigenvalue weighted by molar-refractivity contribution is -0.123. The first-order valence-electron chi connectivity index (χ1n) is 11.1. The van der Waals surface area contributed by atoms with Gasteiger partial charge in [-0.05, 0) is 79.3 Å². The number of rotatable bonds is 8. The van der Waals surface area contributed by atoms with Gasteiger partial charge in [-0.3, -0.25) is 19.8 Å². The molecule has 4 rings (SSSR count). The summed E-state index contributed by atoms with van der Waals surface area (Å²) < 4.78 is 10.9. The number of carbonyl (C=O) groups excluding carboxylic acids is 3. The van der Waals surface area contributed by atoms with Crippen LogP contribution in [0.15, 0.2) is 77.7 Å². The summed E-state index contributed by atoms with van der Waals surface area (Å²) in [4.78, 5) is 37.9. The van der Waals surface area contributed by atoms with E-state index in [2.05, 4.69) is 10.7 Å². The molecule has 188 valence electrons. The molecule has 3 amide bonds. The number of benzene rings is 3. The Bertz CT molecular complexity index is 1350. The van der Waals surface area contributed by atoms with Crippen molar-refractivity contribution < 1.29 is 23.9 Å². The molecule has 1 aliphatic rings. The van der Waals surface area contributed by atoms with E-state index in [0.29, 0.717) is 27.7 Å². The van der Waals surface area contributed by atoms with E-state index in [9.17, 15) is 14.4 Å². The van der Waals surface area contributed by atoms with Crippen LogP contribution in [0.5, 0.6) is 11.5 Å². The molecule has 1 fully saturated rings. The second kappa shape index (κ2) is 11.7. The molecule has 2 N–H and O–H groups in total. The summed E-state index contributed by atoms with van der Waals surface area (Å²) in [5, 5.41) is 3.83. The van der Waals surface area contributed by atoms with Crippen molar-refractivity contribution in [3.8, 4) is 11.5 Å². The Morgan fingerprint density at radius 1 is 0.973 bits per heavy atom. The van der Waals surface area contributed by atoms with Crippen molar-refractivity contribution in [2.45, 2.75) is 6.92 Å². The Kier molecular flexibility index (Phi) is 8.22. The topological polar surface area (TPSA) is 97.0 Å². The zero-order chi connectivity index (χ0) is 26.4. The molecule has 0 aliphatic carbocycles. The van der Waals surface area contributed by atoms with Gasteiger partial charge in [-0.1, -0.05) is 41.6 Å². The Morgan fingerprint density at radius 3 is 2.27 bits per heavy atom. The molecule has 0 spiro atoms. The molecule has 8 nitrogen and oxygen atoms in total. The molecule has 10 heteroatoms.